The summed E-state index contributed by atoms with van der Waals surface area (Å²) in [5.74, 6) is 2.59. The summed E-state index contributed by atoms with van der Waals surface area (Å²) >= 11 is 0. The summed E-state index contributed by atoms with van der Waals surface area (Å²) in [5, 5.41) is 0. The van der Waals surface area contributed by atoms with E-state index in [1.807, 2.05) is 0 Å². The first-order chi connectivity index (χ1) is 14.2. The molecule has 1 spiro atoms. The van der Waals surface area contributed by atoms with E-state index in [1.165, 1.54) is 70.6 Å². The summed E-state index contributed by atoms with van der Waals surface area (Å²) in [6.07, 6.45) is 16.3. The molecule has 5 saturated carbocycles. The maximum absolute atomic E-state index is 6.82. The molecular formula is C30H50O. The van der Waals surface area contributed by atoms with Crippen molar-refractivity contribution in [1.82, 2.24) is 0 Å². The lowest BCUT2D eigenvalue weighted by Crippen LogP contribution is -2.78. The normalized spacial score (nSPS) is 61.2. The lowest BCUT2D eigenvalue weighted by atomic mass is 9.30. The Labute approximate surface area is 192 Å². The molecule has 0 N–H and O–H groups in total. The standard InChI is InChI=1S/C30H50O/c1-24(2)13-14-26(5)15-17-28(7)20-11-12-30-21(9-10-23(31-30)25(30,3)4)27(20,6)16-18-29(28,8)22(26)19-24/h20-23H,9-19H2,1-8H3/t20-,21-,22-,23+,26-,27-,28+,29-,30-/m1/s1. The van der Waals surface area contributed by atoms with Gasteiger partial charge >= 0.3 is 0 Å². The number of hydrogen-bond acceptors (Lipinski definition) is 1. The van der Waals surface area contributed by atoms with Crippen molar-refractivity contribution < 1.29 is 4.74 Å². The van der Waals surface area contributed by atoms with Crippen LogP contribution in [0.15, 0.2) is 0 Å². The first kappa shape index (κ1) is 21.5. The third kappa shape index (κ3) is 2.25. The van der Waals surface area contributed by atoms with Crippen LogP contribution in [-0.2, 0) is 4.74 Å². The molecule has 2 saturated heterocycles. The van der Waals surface area contributed by atoms with Crippen molar-refractivity contribution in [2.45, 2.75) is 138 Å². The molecule has 7 fully saturated rings. The number of fused-ring (bicyclic) bond motifs is 6. The Kier molecular flexibility index (Phi) is 4.00. The highest BCUT2D eigenvalue weighted by atomic mass is 16.5. The van der Waals surface area contributed by atoms with Gasteiger partial charge in [0.2, 0.25) is 0 Å². The van der Waals surface area contributed by atoms with Crippen molar-refractivity contribution in [3.05, 3.63) is 0 Å². The van der Waals surface area contributed by atoms with Crippen molar-refractivity contribution in [3.8, 4) is 0 Å². The Balaban J connectivity index is 1.40. The van der Waals surface area contributed by atoms with Gasteiger partial charge in [-0.1, -0.05) is 55.4 Å². The van der Waals surface area contributed by atoms with Gasteiger partial charge in [-0.3, -0.25) is 0 Å². The minimum absolute atomic E-state index is 0.196. The van der Waals surface area contributed by atoms with Crippen molar-refractivity contribution in [1.29, 1.82) is 0 Å². The van der Waals surface area contributed by atoms with Gasteiger partial charge in [0.05, 0.1) is 11.7 Å². The summed E-state index contributed by atoms with van der Waals surface area (Å²) in [5.41, 5.74) is 3.21. The molecule has 5 aliphatic carbocycles. The zero-order valence-electron chi connectivity index (χ0n) is 22.0. The number of ether oxygens (including phenoxy) is 1. The average Bonchev–Trinajstić information content (AvgIpc) is 2.71. The molecule has 9 atom stereocenters. The van der Waals surface area contributed by atoms with Gasteiger partial charge in [-0.2, -0.15) is 0 Å². The van der Waals surface area contributed by atoms with Gasteiger partial charge in [0.25, 0.3) is 0 Å². The van der Waals surface area contributed by atoms with E-state index < -0.39 is 0 Å². The van der Waals surface area contributed by atoms with Crippen molar-refractivity contribution in [2.75, 3.05) is 0 Å². The Morgan fingerprint density at radius 2 is 1.23 bits per heavy atom. The average molecular weight is 427 g/mol. The van der Waals surface area contributed by atoms with E-state index in [4.69, 9.17) is 4.74 Å². The molecule has 7 rings (SSSR count). The van der Waals surface area contributed by atoms with Crippen molar-refractivity contribution in [2.24, 2.45) is 50.2 Å². The molecule has 2 heterocycles. The first-order valence-electron chi connectivity index (χ1n) is 13.9. The molecule has 0 radical (unpaired) electrons. The van der Waals surface area contributed by atoms with Crippen LogP contribution in [0.25, 0.3) is 0 Å². The van der Waals surface area contributed by atoms with E-state index in [0.29, 0.717) is 38.6 Å². The van der Waals surface area contributed by atoms with E-state index in [1.54, 1.807) is 0 Å². The quantitative estimate of drug-likeness (QED) is 0.378. The topological polar surface area (TPSA) is 9.23 Å². The summed E-state index contributed by atoms with van der Waals surface area (Å²) in [6, 6.07) is 0. The first-order valence-corrected chi connectivity index (χ1v) is 13.9. The highest BCUT2D eigenvalue weighted by molar-refractivity contribution is 5.25. The fourth-order valence-electron chi connectivity index (χ4n) is 11.8. The molecule has 1 heteroatoms. The van der Waals surface area contributed by atoms with Crippen LogP contribution in [0.5, 0.6) is 0 Å². The Bertz CT molecular complexity index is 796. The predicted octanol–water partition coefficient (Wildman–Crippen LogP) is 8.41. The second kappa shape index (κ2) is 5.78. The molecule has 7 aliphatic rings. The van der Waals surface area contributed by atoms with E-state index in [9.17, 15) is 0 Å². The largest absolute Gasteiger partial charge is 0.370 e. The fourth-order valence-corrected chi connectivity index (χ4v) is 11.8. The summed E-state index contributed by atoms with van der Waals surface area (Å²) < 4.78 is 6.82. The molecule has 0 aromatic rings. The highest BCUT2D eigenvalue weighted by Gasteiger charge is 2.76. The Morgan fingerprint density at radius 3 is 1.94 bits per heavy atom. The van der Waals surface area contributed by atoms with Gasteiger partial charge in [-0.05, 0) is 115 Å². The number of hydrogen-bond donors (Lipinski definition) is 0. The molecule has 1 nitrogen and oxygen atoms in total. The van der Waals surface area contributed by atoms with Crippen LogP contribution in [0, 0.1) is 50.2 Å². The lowest BCUT2D eigenvalue weighted by molar-refractivity contribution is -0.399. The van der Waals surface area contributed by atoms with Gasteiger partial charge in [0.15, 0.2) is 0 Å². The van der Waals surface area contributed by atoms with Crippen LogP contribution in [0.3, 0.4) is 0 Å². The maximum atomic E-state index is 6.82. The second-order valence-corrected chi connectivity index (χ2v) is 15.9. The van der Waals surface area contributed by atoms with E-state index in [0.717, 1.165) is 17.8 Å². The van der Waals surface area contributed by atoms with E-state index in [-0.39, 0.29) is 5.60 Å². The van der Waals surface area contributed by atoms with E-state index in [2.05, 4.69) is 55.4 Å². The highest BCUT2D eigenvalue weighted by Crippen LogP contribution is 2.80. The second-order valence-electron chi connectivity index (χ2n) is 15.9. The van der Waals surface area contributed by atoms with Crippen LogP contribution in [0.1, 0.15) is 126 Å². The minimum Gasteiger partial charge on any atom is -0.370 e. The monoisotopic (exact) mass is 426 g/mol. The Morgan fingerprint density at radius 1 is 0.581 bits per heavy atom. The molecule has 0 aromatic carbocycles. The van der Waals surface area contributed by atoms with Gasteiger partial charge in [-0.15, -0.1) is 0 Å². The van der Waals surface area contributed by atoms with Crippen LogP contribution in [0.4, 0.5) is 0 Å². The molecule has 31 heavy (non-hydrogen) atoms. The van der Waals surface area contributed by atoms with Gasteiger partial charge < -0.3 is 4.74 Å². The van der Waals surface area contributed by atoms with Gasteiger partial charge in [0, 0.05) is 5.41 Å². The van der Waals surface area contributed by atoms with Gasteiger partial charge in [-0.25, -0.2) is 0 Å². The molecule has 0 aromatic heterocycles. The summed E-state index contributed by atoms with van der Waals surface area (Å²) in [6.45, 7) is 21.2. The SMILES string of the molecule is CC1(C)CC[C@]2(C)CC[C@@]3(C)[C@@H]4CC[C@@]56O[C@@H](CC[C@@H]5[C@]4(C)CC[C@]3(C)[C@@H]2C1)C6(C)C. The van der Waals surface area contributed by atoms with Crippen LogP contribution in [0.2, 0.25) is 0 Å². The lowest BCUT2D eigenvalue weighted by Gasteiger charge is -2.79. The smallest absolute Gasteiger partial charge is 0.0795 e. The maximum Gasteiger partial charge on any atom is 0.0795 e. The minimum atomic E-state index is 0.196. The van der Waals surface area contributed by atoms with Crippen molar-refractivity contribution >= 4 is 0 Å². The Hall–Kier alpha value is -0.0400. The summed E-state index contributed by atoms with van der Waals surface area (Å²) in [4.78, 5) is 0. The number of rotatable bonds is 0. The summed E-state index contributed by atoms with van der Waals surface area (Å²) in [7, 11) is 0. The van der Waals surface area contributed by atoms with Crippen molar-refractivity contribution in [3.63, 3.8) is 0 Å². The predicted molar refractivity (Wildman–Crippen MR) is 129 cm³/mol. The zero-order chi connectivity index (χ0) is 22.3. The fraction of sp³-hybridized carbons (Fsp3) is 1.00. The van der Waals surface area contributed by atoms with E-state index >= 15 is 0 Å². The zero-order valence-corrected chi connectivity index (χ0v) is 22.0. The van der Waals surface area contributed by atoms with Crippen LogP contribution >= 0.6 is 0 Å². The molecule has 2 bridgehead atoms. The third-order valence-electron chi connectivity index (χ3n) is 14.1. The van der Waals surface area contributed by atoms with Gasteiger partial charge in [0.1, 0.15) is 0 Å². The van der Waals surface area contributed by atoms with Crippen LogP contribution < -0.4 is 0 Å². The molecule has 0 amide bonds. The van der Waals surface area contributed by atoms with Crippen LogP contribution in [-0.4, -0.2) is 11.7 Å². The molecule has 0 unspecified atom stereocenters. The third-order valence-corrected chi connectivity index (χ3v) is 14.1. The molecular weight excluding hydrogens is 376 g/mol. The molecule has 176 valence electrons. The molecule has 2 aliphatic heterocycles.